The third-order valence-electron chi connectivity index (χ3n) is 4.89. The number of nitrogens with zero attached hydrogens (tertiary/aromatic N) is 4. The van der Waals surface area contributed by atoms with Crippen molar-refractivity contribution in [3.63, 3.8) is 0 Å². The highest BCUT2D eigenvalue weighted by molar-refractivity contribution is 7.22. The third kappa shape index (κ3) is 4.52. The van der Waals surface area contributed by atoms with Crippen LogP contribution in [-0.2, 0) is 11.3 Å². The maximum absolute atomic E-state index is 13.8. The van der Waals surface area contributed by atoms with Gasteiger partial charge in [0.25, 0.3) is 0 Å². The Morgan fingerprint density at radius 3 is 2.87 bits per heavy atom. The second kappa shape index (κ2) is 8.40. The number of nitrogens with one attached hydrogen (secondary N) is 1. The molecular formula is C19H22F3N5O2S. The number of thiazole rings is 1. The van der Waals surface area contributed by atoms with Crippen LogP contribution in [-0.4, -0.2) is 63.7 Å². The fourth-order valence-corrected chi connectivity index (χ4v) is 4.68. The zero-order valence-corrected chi connectivity index (χ0v) is 17.3. The number of alkyl halides is 3. The molecule has 3 aromatic rings. The van der Waals surface area contributed by atoms with Crippen LogP contribution in [0.1, 0.15) is 17.5 Å². The fourth-order valence-electron chi connectivity index (χ4n) is 3.78. The van der Waals surface area contributed by atoms with Crippen molar-refractivity contribution in [3.8, 4) is 11.4 Å². The van der Waals surface area contributed by atoms with Crippen LogP contribution in [0, 0.1) is 6.92 Å². The molecule has 1 aromatic carbocycles. The van der Waals surface area contributed by atoms with Gasteiger partial charge >= 0.3 is 6.61 Å². The molecular weight excluding hydrogens is 419 g/mol. The zero-order valence-electron chi connectivity index (χ0n) is 16.5. The lowest BCUT2D eigenvalue weighted by Gasteiger charge is -2.32. The van der Waals surface area contributed by atoms with Crippen LogP contribution in [0.3, 0.4) is 0 Å². The molecule has 0 aliphatic carbocycles. The number of halogens is 3. The Kier molecular flexibility index (Phi) is 5.85. The Labute approximate surface area is 175 Å². The first-order valence-electron chi connectivity index (χ1n) is 9.46. The second-order valence-electron chi connectivity index (χ2n) is 7.54. The number of ether oxygens (including phenoxy) is 1. The lowest BCUT2D eigenvalue weighted by molar-refractivity contribution is -0.137. The summed E-state index contributed by atoms with van der Waals surface area (Å²) in [4.78, 5) is 6.39. The summed E-state index contributed by atoms with van der Waals surface area (Å²) >= 11 is 1.36. The van der Waals surface area contributed by atoms with Crippen molar-refractivity contribution < 1.29 is 23.0 Å². The van der Waals surface area contributed by atoms with Crippen LogP contribution in [0.5, 0.6) is 5.75 Å². The molecule has 0 spiro atoms. The maximum Gasteiger partial charge on any atom is 0.345 e. The van der Waals surface area contributed by atoms with Gasteiger partial charge in [-0.3, -0.25) is 0 Å². The minimum Gasteiger partial charge on any atom is -0.506 e. The van der Waals surface area contributed by atoms with Crippen LogP contribution >= 0.6 is 11.3 Å². The smallest absolute Gasteiger partial charge is 0.345 e. The van der Waals surface area contributed by atoms with Crippen molar-refractivity contribution in [2.24, 2.45) is 0 Å². The first-order chi connectivity index (χ1) is 14.3. The van der Waals surface area contributed by atoms with Gasteiger partial charge < -0.3 is 20.1 Å². The first-order valence-corrected chi connectivity index (χ1v) is 10.3. The van der Waals surface area contributed by atoms with E-state index in [0.29, 0.717) is 34.9 Å². The summed E-state index contributed by atoms with van der Waals surface area (Å²) in [6.07, 6.45) is 1.23. The molecule has 1 fully saturated rings. The van der Waals surface area contributed by atoms with Crippen LogP contribution < -0.4 is 5.32 Å². The molecule has 0 saturated carbocycles. The van der Waals surface area contributed by atoms with Crippen molar-refractivity contribution in [1.29, 1.82) is 0 Å². The highest BCUT2D eigenvalue weighted by Gasteiger charge is 2.26. The number of anilines is 1. The van der Waals surface area contributed by atoms with E-state index >= 15 is 0 Å². The maximum atomic E-state index is 13.8. The molecule has 1 saturated heterocycles. The summed E-state index contributed by atoms with van der Waals surface area (Å²) < 4.78 is 45.4. The van der Waals surface area contributed by atoms with Crippen molar-refractivity contribution in [1.82, 2.24) is 19.7 Å². The molecule has 2 aromatic heterocycles. The Morgan fingerprint density at radius 1 is 1.37 bits per heavy atom. The predicted octanol–water partition coefficient (Wildman–Crippen LogP) is 3.69. The first kappa shape index (κ1) is 20.9. The van der Waals surface area contributed by atoms with E-state index < -0.39 is 12.8 Å². The number of aromatic hydroxyl groups is 1. The number of piperidine rings is 1. The average Bonchev–Trinajstić information content (AvgIpc) is 3.16. The topological polar surface area (TPSA) is 75.4 Å². The highest BCUT2D eigenvalue weighted by atomic mass is 32.1. The molecule has 0 unspecified atom stereocenters. The normalized spacial score (nSPS) is 20.3. The molecule has 4 rings (SSSR count). The largest absolute Gasteiger partial charge is 0.506 e. The Morgan fingerprint density at radius 2 is 2.17 bits per heavy atom. The molecule has 30 heavy (non-hydrogen) atoms. The lowest BCUT2D eigenvalue weighted by atomic mass is 10.1. The van der Waals surface area contributed by atoms with Gasteiger partial charge in [0, 0.05) is 31.1 Å². The van der Waals surface area contributed by atoms with Crippen molar-refractivity contribution in [3.05, 3.63) is 29.5 Å². The van der Waals surface area contributed by atoms with Gasteiger partial charge in [-0.15, -0.1) is 5.10 Å². The average molecular weight is 441 g/mol. The molecule has 1 aliphatic rings. The summed E-state index contributed by atoms with van der Waals surface area (Å²) in [6.45, 7) is -0.374. The molecule has 3 heterocycles. The number of aromatic nitrogens is 3. The summed E-state index contributed by atoms with van der Waals surface area (Å²) in [5, 5.41) is 18.7. The molecule has 1 aliphatic heterocycles. The van der Waals surface area contributed by atoms with E-state index in [1.807, 2.05) is 11.9 Å². The van der Waals surface area contributed by atoms with E-state index in [1.165, 1.54) is 22.1 Å². The lowest BCUT2D eigenvalue weighted by Crippen LogP contribution is -2.45. The van der Waals surface area contributed by atoms with E-state index in [9.17, 15) is 18.3 Å². The molecule has 2 N–H and O–H groups in total. The SMILES string of the molecule is Cc1cc(O)c(-n2cc3sc(N[C@@H]4C[C@@H](F)CN(C)C4)nc3n2)c(COC(F)F)c1. The van der Waals surface area contributed by atoms with Crippen LogP contribution in [0.25, 0.3) is 16.0 Å². The van der Waals surface area contributed by atoms with Crippen LogP contribution in [0.2, 0.25) is 0 Å². The van der Waals surface area contributed by atoms with Gasteiger partial charge in [0.2, 0.25) is 0 Å². The van der Waals surface area contributed by atoms with Gasteiger partial charge in [0.1, 0.15) is 17.6 Å². The number of benzene rings is 1. The van der Waals surface area contributed by atoms with Crippen molar-refractivity contribution in [2.45, 2.75) is 38.8 Å². The summed E-state index contributed by atoms with van der Waals surface area (Å²) in [7, 11) is 1.88. The van der Waals surface area contributed by atoms with E-state index in [4.69, 9.17) is 0 Å². The Balaban J connectivity index is 1.58. The summed E-state index contributed by atoms with van der Waals surface area (Å²) in [5.74, 6) is -0.0874. The number of phenols is 1. The van der Waals surface area contributed by atoms with Crippen molar-refractivity contribution >= 4 is 26.8 Å². The van der Waals surface area contributed by atoms with Crippen LogP contribution in [0.15, 0.2) is 18.3 Å². The van der Waals surface area contributed by atoms with Gasteiger partial charge in [-0.25, -0.2) is 9.07 Å². The zero-order chi connectivity index (χ0) is 21.4. The monoisotopic (exact) mass is 441 g/mol. The standard InChI is InChI=1S/C19H22F3N5O2S/c1-10-3-11(9-29-18(21)22)16(14(28)4-10)27-8-15-17(25-27)24-19(30-15)23-13-5-12(20)6-26(2)7-13/h3-4,8,12-13,18,28H,5-7,9H2,1-2H3,(H,23,24,25)/t12-,13-/m1/s1. The van der Waals surface area contributed by atoms with E-state index in [2.05, 4.69) is 20.1 Å². The Hall–Kier alpha value is -2.37. The molecule has 7 nitrogen and oxygen atoms in total. The number of aryl methyl sites for hydroxylation is 1. The predicted molar refractivity (Wildman–Crippen MR) is 108 cm³/mol. The number of fused-ring (bicyclic) bond motifs is 1. The fraction of sp³-hybridized carbons (Fsp3) is 0.474. The number of hydrogen-bond donors (Lipinski definition) is 2. The second-order valence-corrected chi connectivity index (χ2v) is 8.57. The summed E-state index contributed by atoms with van der Waals surface area (Å²) in [6, 6.07) is 3.16. The molecule has 0 amide bonds. The number of likely N-dealkylation sites (tertiary alicyclic amines) is 1. The van der Waals surface area contributed by atoms with Gasteiger partial charge in [-0.1, -0.05) is 17.4 Å². The number of rotatable bonds is 6. The van der Waals surface area contributed by atoms with E-state index in [0.717, 1.165) is 11.2 Å². The number of hydrogen-bond acceptors (Lipinski definition) is 7. The molecule has 2 atom stereocenters. The Bertz CT molecular complexity index is 999. The van der Waals surface area contributed by atoms with Crippen molar-refractivity contribution in [2.75, 3.05) is 25.5 Å². The minimum absolute atomic E-state index is 0.0413. The van der Waals surface area contributed by atoms with Gasteiger partial charge in [0.15, 0.2) is 10.8 Å². The van der Waals surface area contributed by atoms with Gasteiger partial charge in [-0.2, -0.15) is 13.8 Å². The highest BCUT2D eigenvalue weighted by Crippen LogP contribution is 2.32. The van der Waals surface area contributed by atoms with E-state index in [1.54, 1.807) is 19.2 Å². The summed E-state index contributed by atoms with van der Waals surface area (Å²) in [5.41, 5.74) is 1.83. The number of likely N-dealkylation sites (N-methyl/N-ethyl adjacent to an activating group) is 1. The molecule has 0 radical (unpaired) electrons. The molecule has 11 heteroatoms. The van der Waals surface area contributed by atoms with Gasteiger partial charge in [0.05, 0.1) is 17.5 Å². The third-order valence-corrected chi connectivity index (χ3v) is 5.80. The molecule has 0 bridgehead atoms. The molecule has 162 valence electrons. The minimum atomic E-state index is -2.92. The van der Waals surface area contributed by atoms with E-state index in [-0.39, 0.29) is 24.1 Å². The van der Waals surface area contributed by atoms with Crippen LogP contribution in [0.4, 0.5) is 18.3 Å². The number of phenolic OH excluding ortho intramolecular Hbond substituents is 1. The van der Waals surface area contributed by atoms with Gasteiger partial charge in [-0.05, 0) is 25.6 Å². The quantitative estimate of drug-likeness (QED) is 0.608.